The van der Waals surface area contributed by atoms with Crippen LogP contribution < -0.4 is 0 Å². The van der Waals surface area contributed by atoms with Gasteiger partial charge in [0.25, 0.3) is 0 Å². The zero-order valence-electron chi connectivity index (χ0n) is 3.35. The zero-order chi connectivity index (χ0) is 6.73. The SMILES string of the molecule is FN(F)C(S)=[N+](F)F. The first-order chi connectivity index (χ1) is 3.55. The van der Waals surface area contributed by atoms with E-state index in [1.807, 2.05) is 0 Å². The molecule has 0 heterocycles. The van der Waals surface area contributed by atoms with Gasteiger partial charge in [-0.2, -0.15) is 0 Å². The average Bonchev–Trinajstić information content (AvgIpc) is 1.64. The molecule has 0 amide bonds. The Labute approximate surface area is 47.2 Å². The van der Waals surface area contributed by atoms with Gasteiger partial charge in [-0.3, -0.25) is 0 Å². The van der Waals surface area contributed by atoms with Crippen LogP contribution in [-0.4, -0.2) is 15.5 Å². The van der Waals surface area contributed by atoms with Gasteiger partial charge < -0.3 is 0 Å². The van der Waals surface area contributed by atoms with Crippen LogP contribution in [-0.2, 0) is 0 Å². The van der Waals surface area contributed by atoms with Gasteiger partial charge in [-0.05, 0) is 12.6 Å². The van der Waals surface area contributed by atoms with E-state index in [0.717, 1.165) is 0 Å². The normalized spacial score (nSPS) is 8.62. The molecule has 0 aliphatic carbocycles. The van der Waals surface area contributed by atoms with Crippen molar-refractivity contribution in [3.05, 3.63) is 0 Å². The topological polar surface area (TPSA) is 6.25 Å². The smallest absolute Gasteiger partial charge is 0.0423 e. The molecular weight excluding hydrogens is 148 g/mol. The van der Waals surface area contributed by atoms with E-state index in [-0.39, 0.29) is 0 Å². The Bertz CT molecular complexity index is 107. The van der Waals surface area contributed by atoms with Gasteiger partial charge in [0, 0.05) is 17.9 Å². The summed E-state index contributed by atoms with van der Waals surface area (Å²) in [7, 11) is 0. The molecule has 0 aliphatic rings. The molecule has 0 bridgehead atoms. The van der Waals surface area contributed by atoms with Crippen molar-refractivity contribution in [3.8, 4) is 0 Å². The maximum Gasteiger partial charge on any atom is 0.455 e. The second-order valence-corrected chi connectivity index (χ2v) is 1.17. The molecule has 0 unspecified atom stereocenters. The summed E-state index contributed by atoms with van der Waals surface area (Å²) in [6.07, 6.45) is 0. The van der Waals surface area contributed by atoms with Crippen LogP contribution in [0.3, 0.4) is 0 Å². The Kier molecular flexibility index (Phi) is 2.59. The fourth-order valence-corrected chi connectivity index (χ4v) is 0.0571. The Balaban J connectivity index is 4.00. The minimum atomic E-state index is -1.80. The number of amidine groups is 1. The minimum absolute atomic E-state index is 1.70. The molecule has 7 heteroatoms. The monoisotopic (exact) mass is 149 g/mol. The number of hydrogen-bond acceptors (Lipinski definition) is 0. The van der Waals surface area contributed by atoms with Crippen LogP contribution in [0.1, 0.15) is 0 Å². The first-order valence-corrected chi connectivity index (χ1v) is 1.79. The Hall–Kier alpha value is -0.460. The molecule has 0 aliphatic heterocycles. The number of nitrogens with zero attached hydrogens (tertiary/aromatic N) is 2. The molecule has 8 heavy (non-hydrogen) atoms. The van der Waals surface area contributed by atoms with Crippen LogP contribution in [0.25, 0.3) is 0 Å². The van der Waals surface area contributed by atoms with Gasteiger partial charge in [0.15, 0.2) is 0 Å². The van der Waals surface area contributed by atoms with Crippen LogP contribution in [0.15, 0.2) is 0 Å². The van der Waals surface area contributed by atoms with Crippen molar-refractivity contribution < 1.29 is 22.9 Å². The van der Waals surface area contributed by atoms with Gasteiger partial charge in [0.1, 0.15) is 10.4 Å². The van der Waals surface area contributed by atoms with Crippen LogP contribution in [0.5, 0.6) is 0 Å². The van der Waals surface area contributed by atoms with Crippen molar-refractivity contribution in [2.24, 2.45) is 0 Å². The Morgan fingerprint density at radius 2 is 1.75 bits per heavy atom. The summed E-state index contributed by atoms with van der Waals surface area (Å²) in [6, 6.07) is 0. The second-order valence-electron chi connectivity index (χ2n) is 0.766. The zero-order valence-corrected chi connectivity index (χ0v) is 4.25. The molecule has 0 radical (unpaired) electrons. The highest BCUT2D eigenvalue weighted by Crippen LogP contribution is 1.97. The first-order valence-electron chi connectivity index (χ1n) is 1.35. The lowest BCUT2D eigenvalue weighted by molar-refractivity contribution is -0.855. The Morgan fingerprint density at radius 1 is 1.38 bits per heavy atom. The molecule has 0 aromatic heterocycles. The van der Waals surface area contributed by atoms with Crippen molar-refractivity contribution in [1.82, 2.24) is 5.34 Å². The summed E-state index contributed by atoms with van der Waals surface area (Å²) >= 11 is 2.69. The molecule has 2 nitrogen and oxygen atoms in total. The van der Waals surface area contributed by atoms with Crippen molar-refractivity contribution in [1.29, 1.82) is 0 Å². The summed E-state index contributed by atoms with van der Waals surface area (Å²) in [6.45, 7) is 0. The van der Waals surface area contributed by atoms with Gasteiger partial charge in [0.05, 0.1) is 0 Å². The molecule has 0 spiro atoms. The highest BCUT2D eigenvalue weighted by Gasteiger charge is 2.22. The van der Waals surface area contributed by atoms with Crippen LogP contribution >= 0.6 is 12.6 Å². The predicted molar refractivity (Wildman–Crippen MR) is 20.5 cm³/mol. The van der Waals surface area contributed by atoms with Crippen molar-refractivity contribution in [2.45, 2.75) is 0 Å². The summed E-state index contributed by atoms with van der Waals surface area (Å²) in [5.41, 5.74) is 0. The molecule has 0 atom stereocenters. The molecule has 0 saturated heterocycles. The van der Waals surface area contributed by atoms with E-state index in [9.17, 15) is 17.9 Å². The lowest BCUT2D eigenvalue weighted by Gasteiger charge is -1.81. The third-order valence-corrected chi connectivity index (χ3v) is 0.605. The average molecular weight is 149 g/mol. The third-order valence-electron chi connectivity index (χ3n) is 0.302. The van der Waals surface area contributed by atoms with Crippen molar-refractivity contribution in [2.75, 3.05) is 0 Å². The highest BCUT2D eigenvalue weighted by atomic mass is 32.1. The lowest BCUT2D eigenvalue weighted by atomic mass is 11.3. The predicted octanol–water partition coefficient (Wildman–Crippen LogP) is 1.12. The number of hydrogen-bond donors (Lipinski definition) is 1. The number of halogens is 4. The minimum Gasteiger partial charge on any atom is -0.0423 e. The quantitative estimate of drug-likeness (QED) is 0.178. The second kappa shape index (κ2) is 2.75. The largest absolute Gasteiger partial charge is 0.455 e. The van der Waals surface area contributed by atoms with Crippen LogP contribution in [0, 0.1) is 0 Å². The van der Waals surface area contributed by atoms with Crippen LogP contribution in [0.4, 0.5) is 17.9 Å². The number of rotatable bonds is 0. The fraction of sp³-hybridized carbons (Fsp3) is 0. The van der Waals surface area contributed by atoms with Gasteiger partial charge >= 0.3 is 5.17 Å². The van der Waals surface area contributed by atoms with Crippen LogP contribution in [0.2, 0.25) is 0 Å². The molecule has 0 aromatic carbocycles. The molecule has 0 saturated carbocycles. The Morgan fingerprint density at radius 3 is 1.75 bits per heavy atom. The molecule has 0 rings (SSSR count). The van der Waals surface area contributed by atoms with Crippen molar-refractivity contribution in [3.63, 3.8) is 0 Å². The van der Waals surface area contributed by atoms with Gasteiger partial charge in [0.2, 0.25) is 0 Å². The number of thiol groups is 1. The molecule has 0 aromatic rings. The summed E-state index contributed by atoms with van der Waals surface area (Å²) in [5.74, 6) is 0. The highest BCUT2D eigenvalue weighted by molar-refractivity contribution is 7.96. The van der Waals surface area contributed by atoms with E-state index < -0.39 is 15.5 Å². The van der Waals surface area contributed by atoms with Gasteiger partial charge in [-0.25, -0.2) is 0 Å². The molecular formula is CHF4N2S+. The summed E-state index contributed by atoms with van der Waals surface area (Å²) in [4.78, 5) is 0. The van der Waals surface area contributed by atoms with E-state index in [1.165, 1.54) is 0 Å². The van der Waals surface area contributed by atoms with Crippen molar-refractivity contribution >= 4 is 17.8 Å². The third kappa shape index (κ3) is 2.01. The first kappa shape index (κ1) is 7.54. The standard InChI is InChI=1S/CF4N2S/c2-6(3)1(8)7(4)5/p+1. The van der Waals surface area contributed by atoms with E-state index in [4.69, 9.17) is 0 Å². The maximum absolute atomic E-state index is 10.9. The lowest BCUT2D eigenvalue weighted by Crippen LogP contribution is -2.12. The summed E-state index contributed by atoms with van der Waals surface area (Å²) in [5, 5.41) is -5.31. The molecule has 0 N–H and O–H groups in total. The molecule has 48 valence electrons. The maximum atomic E-state index is 10.9. The van der Waals surface area contributed by atoms with E-state index in [2.05, 4.69) is 12.6 Å². The van der Waals surface area contributed by atoms with E-state index in [0.29, 0.717) is 0 Å². The van der Waals surface area contributed by atoms with E-state index >= 15 is 0 Å². The van der Waals surface area contributed by atoms with E-state index in [1.54, 1.807) is 0 Å². The van der Waals surface area contributed by atoms with Gasteiger partial charge in [-0.15, -0.1) is 0 Å². The molecule has 0 fully saturated rings. The van der Waals surface area contributed by atoms with Gasteiger partial charge in [-0.1, -0.05) is 0 Å². The fourth-order valence-electron chi connectivity index (χ4n) is 0.0571. The summed E-state index contributed by atoms with van der Waals surface area (Å²) < 4.78 is 43.5.